The van der Waals surface area contributed by atoms with E-state index in [9.17, 15) is 15.0 Å². The molecular weight excluding hydrogens is 274 g/mol. The van der Waals surface area contributed by atoms with Gasteiger partial charge in [-0.3, -0.25) is 0 Å². The summed E-state index contributed by atoms with van der Waals surface area (Å²) >= 11 is 1.72. The maximum Gasteiger partial charge on any atom is 0.336 e. The first-order valence-electron chi connectivity index (χ1n) is 6.69. The summed E-state index contributed by atoms with van der Waals surface area (Å²) in [6.07, 6.45) is 3.14. The zero-order valence-electron chi connectivity index (χ0n) is 11.4. The second kappa shape index (κ2) is 4.75. The summed E-state index contributed by atoms with van der Waals surface area (Å²) < 4.78 is 0. The summed E-state index contributed by atoms with van der Waals surface area (Å²) in [6.45, 7) is 4.28. The molecule has 0 aromatic carbocycles. The summed E-state index contributed by atoms with van der Waals surface area (Å²) in [4.78, 5) is 14.6. The minimum Gasteiger partial charge on any atom is -0.478 e. The van der Waals surface area contributed by atoms with E-state index in [1.807, 2.05) is 11.0 Å². The Bertz CT molecular complexity index is 614. The van der Waals surface area contributed by atoms with Crippen LogP contribution in [0.2, 0.25) is 0 Å². The molecule has 2 aliphatic rings. The molecule has 2 aliphatic heterocycles. The first kappa shape index (κ1) is 13.4. The lowest BCUT2D eigenvalue weighted by atomic mass is 9.88. The van der Waals surface area contributed by atoms with Crippen molar-refractivity contribution < 1.29 is 15.0 Å². The maximum absolute atomic E-state index is 11.2. The summed E-state index contributed by atoms with van der Waals surface area (Å²) in [5.41, 5.74) is 2.09. The number of hydrogen-bond acceptors (Lipinski definition) is 4. The Kier molecular flexibility index (Phi) is 3.18. The van der Waals surface area contributed by atoms with Crippen molar-refractivity contribution in [3.63, 3.8) is 0 Å². The van der Waals surface area contributed by atoms with Crippen molar-refractivity contribution in [3.05, 3.63) is 39.7 Å². The molecule has 0 bridgehead atoms. The van der Waals surface area contributed by atoms with Gasteiger partial charge < -0.3 is 15.1 Å². The molecule has 1 aromatic rings. The van der Waals surface area contributed by atoms with Crippen LogP contribution < -0.4 is 0 Å². The molecule has 5 heteroatoms. The largest absolute Gasteiger partial charge is 0.478 e. The van der Waals surface area contributed by atoms with Crippen molar-refractivity contribution in [1.29, 1.82) is 0 Å². The molecule has 106 valence electrons. The van der Waals surface area contributed by atoms with Crippen LogP contribution >= 0.6 is 11.3 Å². The van der Waals surface area contributed by atoms with Gasteiger partial charge in [0.05, 0.1) is 5.57 Å². The van der Waals surface area contributed by atoms with Crippen LogP contribution in [0.1, 0.15) is 24.3 Å². The van der Waals surface area contributed by atoms with Gasteiger partial charge >= 0.3 is 5.97 Å². The standard InChI is InChI=1S/C15H17NO3S/c1-8(2)11-6-14-9(3-4-20-14)12-5-13(17)10(15(18)19)7-16(11)12/h3-5,7-8,11,13,17H,6H2,1-2H3,(H,18,19). The first-order chi connectivity index (χ1) is 9.49. The molecule has 0 spiro atoms. The Hall–Kier alpha value is -1.59. The van der Waals surface area contributed by atoms with Gasteiger partial charge in [-0.2, -0.15) is 0 Å². The summed E-state index contributed by atoms with van der Waals surface area (Å²) in [5.74, 6) is -0.665. The van der Waals surface area contributed by atoms with Crippen molar-refractivity contribution in [1.82, 2.24) is 4.90 Å². The van der Waals surface area contributed by atoms with Gasteiger partial charge in [0.2, 0.25) is 0 Å². The van der Waals surface area contributed by atoms with Gasteiger partial charge in [0.1, 0.15) is 6.10 Å². The number of hydrogen-bond donors (Lipinski definition) is 2. The fraction of sp³-hybridized carbons (Fsp3) is 0.400. The molecule has 20 heavy (non-hydrogen) atoms. The lowest BCUT2D eigenvalue weighted by Gasteiger charge is -2.41. The molecule has 3 heterocycles. The van der Waals surface area contributed by atoms with Crippen LogP contribution in [-0.2, 0) is 11.2 Å². The van der Waals surface area contributed by atoms with Crippen molar-refractivity contribution in [2.75, 3.05) is 0 Å². The topological polar surface area (TPSA) is 60.8 Å². The molecule has 0 amide bonds. The van der Waals surface area contributed by atoms with Crippen LogP contribution in [0.5, 0.6) is 0 Å². The number of carboxylic acid groups (broad SMARTS) is 1. The average molecular weight is 291 g/mol. The molecule has 1 aromatic heterocycles. The third-order valence-corrected chi connectivity index (χ3v) is 4.92. The van der Waals surface area contributed by atoms with Crippen LogP contribution in [0.15, 0.2) is 29.3 Å². The van der Waals surface area contributed by atoms with E-state index in [1.165, 1.54) is 4.88 Å². The predicted molar refractivity (Wildman–Crippen MR) is 78.2 cm³/mol. The molecule has 0 aliphatic carbocycles. The lowest BCUT2D eigenvalue weighted by molar-refractivity contribution is -0.133. The summed E-state index contributed by atoms with van der Waals surface area (Å²) in [5, 5.41) is 21.3. The zero-order chi connectivity index (χ0) is 14.4. The van der Waals surface area contributed by atoms with Gasteiger partial charge in [0.15, 0.2) is 0 Å². The van der Waals surface area contributed by atoms with E-state index in [-0.39, 0.29) is 11.6 Å². The van der Waals surface area contributed by atoms with Gasteiger partial charge in [-0.25, -0.2) is 4.79 Å². The fourth-order valence-electron chi connectivity index (χ4n) is 2.88. The predicted octanol–water partition coefficient (Wildman–Crippen LogP) is 2.31. The number of rotatable bonds is 2. The van der Waals surface area contributed by atoms with E-state index < -0.39 is 12.1 Å². The number of aliphatic carboxylic acids is 1. The first-order valence-corrected chi connectivity index (χ1v) is 7.57. The monoisotopic (exact) mass is 291 g/mol. The molecule has 4 nitrogen and oxygen atoms in total. The fourth-order valence-corrected chi connectivity index (χ4v) is 3.81. The highest BCUT2D eigenvalue weighted by atomic mass is 32.1. The van der Waals surface area contributed by atoms with Crippen molar-refractivity contribution in [3.8, 4) is 0 Å². The molecule has 0 saturated heterocycles. The lowest BCUT2D eigenvalue weighted by Crippen LogP contribution is -2.42. The average Bonchev–Trinajstić information content (AvgIpc) is 2.84. The van der Waals surface area contributed by atoms with Gasteiger partial charge in [-0.15, -0.1) is 11.3 Å². The number of nitrogens with zero attached hydrogens (tertiary/aromatic N) is 1. The van der Waals surface area contributed by atoms with E-state index in [4.69, 9.17) is 0 Å². The summed E-state index contributed by atoms with van der Waals surface area (Å²) in [7, 11) is 0. The zero-order valence-corrected chi connectivity index (χ0v) is 12.2. The highest BCUT2D eigenvalue weighted by Gasteiger charge is 2.35. The Labute approximate surface area is 121 Å². The van der Waals surface area contributed by atoms with Crippen LogP contribution in [0.25, 0.3) is 5.70 Å². The van der Waals surface area contributed by atoms with Crippen LogP contribution in [-0.4, -0.2) is 33.2 Å². The highest BCUT2D eigenvalue weighted by molar-refractivity contribution is 7.10. The van der Waals surface area contributed by atoms with Gasteiger partial charge in [-0.05, 0) is 23.4 Å². The minimum absolute atomic E-state index is 0.0399. The Morgan fingerprint density at radius 2 is 2.25 bits per heavy atom. The van der Waals surface area contributed by atoms with E-state index in [2.05, 4.69) is 19.2 Å². The molecule has 2 unspecified atom stereocenters. The van der Waals surface area contributed by atoms with Crippen LogP contribution in [0, 0.1) is 5.92 Å². The van der Waals surface area contributed by atoms with Gasteiger partial charge in [0, 0.05) is 34.8 Å². The number of aliphatic hydroxyl groups is 1. The number of carbonyl (C=O) groups is 1. The molecule has 3 rings (SSSR count). The number of thiophene rings is 1. The molecule has 2 atom stereocenters. The van der Waals surface area contributed by atoms with Crippen molar-refractivity contribution in [2.24, 2.45) is 5.92 Å². The van der Waals surface area contributed by atoms with Gasteiger partial charge in [0.25, 0.3) is 0 Å². The highest BCUT2D eigenvalue weighted by Crippen LogP contribution is 2.40. The molecule has 0 radical (unpaired) electrons. The molecule has 0 fully saturated rings. The SMILES string of the molecule is CC(C)C1Cc2sccc2C2=CC(O)C(C(=O)O)=CN21. The Morgan fingerprint density at radius 1 is 1.50 bits per heavy atom. The van der Waals surface area contributed by atoms with E-state index in [0.717, 1.165) is 17.7 Å². The van der Waals surface area contributed by atoms with Crippen molar-refractivity contribution in [2.45, 2.75) is 32.4 Å². The normalized spacial score (nSPS) is 24.9. The summed E-state index contributed by atoms with van der Waals surface area (Å²) in [6, 6.07) is 2.27. The van der Waals surface area contributed by atoms with Crippen molar-refractivity contribution >= 4 is 23.0 Å². The maximum atomic E-state index is 11.2. The van der Waals surface area contributed by atoms with Gasteiger partial charge in [-0.1, -0.05) is 13.8 Å². The second-order valence-electron chi connectivity index (χ2n) is 5.57. The Balaban J connectivity index is 2.11. The quantitative estimate of drug-likeness (QED) is 0.878. The van der Waals surface area contributed by atoms with Crippen LogP contribution in [0.4, 0.5) is 0 Å². The van der Waals surface area contributed by atoms with Crippen LogP contribution in [0.3, 0.4) is 0 Å². The number of aliphatic hydroxyl groups excluding tert-OH is 1. The molecular formula is C15H17NO3S. The number of fused-ring (bicyclic) bond motifs is 3. The third kappa shape index (κ3) is 1.98. The Morgan fingerprint density at radius 3 is 2.90 bits per heavy atom. The number of carboxylic acids is 1. The van der Waals surface area contributed by atoms with E-state index in [1.54, 1.807) is 23.6 Å². The minimum atomic E-state index is -1.06. The molecule has 0 saturated carbocycles. The smallest absolute Gasteiger partial charge is 0.336 e. The van der Waals surface area contributed by atoms with E-state index >= 15 is 0 Å². The second-order valence-corrected chi connectivity index (χ2v) is 6.57. The molecule has 2 N–H and O–H groups in total. The van der Waals surface area contributed by atoms with E-state index in [0.29, 0.717) is 5.92 Å². The third-order valence-electron chi connectivity index (χ3n) is 3.98.